The minimum atomic E-state index is 0.579. The molecule has 0 fully saturated rings. The van der Waals surface area contributed by atoms with Gasteiger partial charge in [0.25, 0.3) is 0 Å². The molecule has 0 aliphatic carbocycles. The SMILES string of the molecule is c1ccc(N(c2ccc3c(c2)oc2cccc(-c4nc5ccc6ccccc6c5o4)c23)c2cccc3ccccc23)c(-c2cccc3ccccc23)c1. The number of nitrogens with zero attached hydrogens (tertiary/aromatic N) is 2. The molecule has 0 saturated heterocycles. The molecule has 0 amide bonds. The van der Waals surface area contributed by atoms with Crippen LogP contribution in [0.3, 0.4) is 0 Å². The second-order valence-electron chi connectivity index (χ2n) is 13.5. The molecule has 0 bridgehead atoms. The lowest BCUT2D eigenvalue weighted by Gasteiger charge is -2.29. The molecule has 0 spiro atoms. The van der Waals surface area contributed by atoms with E-state index in [9.17, 15) is 0 Å². The molecule has 0 atom stereocenters. The largest absolute Gasteiger partial charge is 0.456 e. The van der Waals surface area contributed by atoms with E-state index in [1.165, 1.54) is 21.7 Å². The Labute approximate surface area is 304 Å². The van der Waals surface area contributed by atoms with Crippen molar-refractivity contribution in [3.8, 4) is 22.6 Å². The normalized spacial score (nSPS) is 11.8. The molecule has 0 saturated carbocycles. The van der Waals surface area contributed by atoms with Gasteiger partial charge in [-0.05, 0) is 69.6 Å². The number of anilines is 3. The number of benzene rings is 9. The van der Waals surface area contributed by atoms with Gasteiger partial charge in [-0.25, -0.2) is 4.98 Å². The van der Waals surface area contributed by atoms with Crippen LogP contribution < -0.4 is 4.90 Å². The van der Waals surface area contributed by atoms with Gasteiger partial charge in [0.2, 0.25) is 5.89 Å². The molecule has 0 aliphatic rings. The molecular formula is C49H30N2O2. The van der Waals surface area contributed by atoms with E-state index in [-0.39, 0.29) is 0 Å². The summed E-state index contributed by atoms with van der Waals surface area (Å²) in [6.45, 7) is 0. The number of aromatic nitrogens is 1. The van der Waals surface area contributed by atoms with Crippen molar-refractivity contribution in [3.63, 3.8) is 0 Å². The van der Waals surface area contributed by atoms with E-state index >= 15 is 0 Å². The highest BCUT2D eigenvalue weighted by molar-refractivity contribution is 6.14. The molecule has 0 unspecified atom stereocenters. The highest BCUT2D eigenvalue weighted by atomic mass is 16.3. The summed E-state index contributed by atoms with van der Waals surface area (Å²) >= 11 is 0. The van der Waals surface area contributed by atoms with Crippen LogP contribution in [-0.4, -0.2) is 4.98 Å². The number of fused-ring (bicyclic) bond motifs is 8. The van der Waals surface area contributed by atoms with Crippen molar-refractivity contribution in [1.82, 2.24) is 4.98 Å². The van der Waals surface area contributed by atoms with E-state index in [4.69, 9.17) is 13.8 Å². The van der Waals surface area contributed by atoms with Crippen molar-refractivity contribution in [2.45, 2.75) is 0 Å². The Morgan fingerprint density at radius 2 is 1.02 bits per heavy atom. The molecule has 11 rings (SSSR count). The fourth-order valence-corrected chi connectivity index (χ4v) is 8.07. The lowest BCUT2D eigenvalue weighted by molar-refractivity contribution is 0.623. The van der Waals surface area contributed by atoms with Gasteiger partial charge in [0.15, 0.2) is 5.58 Å². The van der Waals surface area contributed by atoms with Gasteiger partial charge in [0.1, 0.15) is 16.7 Å². The molecule has 9 aromatic carbocycles. The van der Waals surface area contributed by atoms with Crippen molar-refractivity contribution in [2.75, 3.05) is 4.90 Å². The fraction of sp³-hybridized carbons (Fsp3) is 0. The topological polar surface area (TPSA) is 42.4 Å². The van der Waals surface area contributed by atoms with Crippen LogP contribution in [-0.2, 0) is 0 Å². The Morgan fingerprint density at radius 1 is 0.396 bits per heavy atom. The monoisotopic (exact) mass is 678 g/mol. The fourth-order valence-electron chi connectivity index (χ4n) is 8.07. The van der Waals surface area contributed by atoms with Gasteiger partial charge in [-0.15, -0.1) is 0 Å². The molecule has 0 radical (unpaired) electrons. The number of oxazole rings is 1. The van der Waals surface area contributed by atoms with Crippen LogP contribution in [0, 0.1) is 0 Å². The minimum Gasteiger partial charge on any atom is -0.456 e. The van der Waals surface area contributed by atoms with E-state index in [1.54, 1.807) is 0 Å². The van der Waals surface area contributed by atoms with Gasteiger partial charge in [0, 0.05) is 44.4 Å². The van der Waals surface area contributed by atoms with Gasteiger partial charge in [-0.3, -0.25) is 0 Å². The maximum atomic E-state index is 6.69. The molecular weight excluding hydrogens is 649 g/mol. The maximum Gasteiger partial charge on any atom is 0.228 e. The highest BCUT2D eigenvalue weighted by Gasteiger charge is 2.23. The second-order valence-corrected chi connectivity index (χ2v) is 13.5. The Kier molecular flexibility index (Phi) is 6.52. The summed E-state index contributed by atoms with van der Waals surface area (Å²) < 4.78 is 13.2. The highest BCUT2D eigenvalue weighted by Crippen LogP contribution is 2.46. The summed E-state index contributed by atoms with van der Waals surface area (Å²) in [6.07, 6.45) is 0. The molecule has 0 aliphatic heterocycles. The number of hydrogen-bond donors (Lipinski definition) is 0. The molecule has 4 nitrogen and oxygen atoms in total. The Morgan fingerprint density at radius 3 is 1.89 bits per heavy atom. The Balaban J connectivity index is 1.13. The molecule has 0 N–H and O–H groups in total. The van der Waals surface area contributed by atoms with Crippen LogP contribution in [0.5, 0.6) is 0 Å². The van der Waals surface area contributed by atoms with Crippen LogP contribution in [0.4, 0.5) is 17.1 Å². The van der Waals surface area contributed by atoms with Gasteiger partial charge in [-0.1, -0.05) is 133 Å². The van der Waals surface area contributed by atoms with Crippen molar-refractivity contribution in [3.05, 3.63) is 182 Å². The van der Waals surface area contributed by atoms with Crippen LogP contribution in [0.1, 0.15) is 0 Å². The zero-order chi connectivity index (χ0) is 34.9. The van der Waals surface area contributed by atoms with Crippen molar-refractivity contribution < 1.29 is 8.83 Å². The number of para-hydroxylation sites is 1. The summed E-state index contributed by atoms with van der Waals surface area (Å²) in [4.78, 5) is 7.34. The standard InChI is InChI=1S/C49H30N2O2/c1-4-17-35-31(12-1)15-9-21-38(35)39-20-7-8-23-44(39)51(43-24-10-16-32-13-2-5-18-36(32)43)34-27-28-40-46(30-34)52-45-25-11-22-41(47(40)45)49-50-42-29-26-33-14-3-6-19-37(33)48(42)53-49/h1-30H. The first kappa shape index (κ1) is 29.5. The predicted octanol–water partition coefficient (Wildman–Crippen LogP) is 14.0. The summed E-state index contributed by atoms with van der Waals surface area (Å²) in [5.74, 6) is 0.579. The third-order valence-electron chi connectivity index (χ3n) is 10.5. The van der Waals surface area contributed by atoms with Gasteiger partial charge < -0.3 is 13.7 Å². The molecule has 2 heterocycles. The number of furan rings is 1. The van der Waals surface area contributed by atoms with Crippen LogP contribution in [0.25, 0.3) is 87.9 Å². The molecule has 248 valence electrons. The summed E-state index contributed by atoms with van der Waals surface area (Å²) in [6, 6.07) is 64.0. The Hall–Kier alpha value is -7.17. The predicted molar refractivity (Wildman–Crippen MR) is 219 cm³/mol. The lowest BCUT2D eigenvalue weighted by Crippen LogP contribution is -2.11. The van der Waals surface area contributed by atoms with Crippen LogP contribution >= 0.6 is 0 Å². The smallest absolute Gasteiger partial charge is 0.228 e. The number of hydrogen-bond acceptors (Lipinski definition) is 4. The minimum absolute atomic E-state index is 0.579. The van der Waals surface area contributed by atoms with Crippen molar-refractivity contribution in [2.24, 2.45) is 0 Å². The van der Waals surface area contributed by atoms with Crippen LogP contribution in [0.15, 0.2) is 191 Å². The number of rotatable bonds is 5. The lowest BCUT2D eigenvalue weighted by atomic mass is 9.95. The summed E-state index contributed by atoms with van der Waals surface area (Å²) in [7, 11) is 0. The average molecular weight is 679 g/mol. The zero-order valence-electron chi connectivity index (χ0n) is 28.5. The van der Waals surface area contributed by atoms with Gasteiger partial charge in [0.05, 0.1) is 11.4 Å². The van der Waals surface area contributed by atoms with Gasteiger partial charge in [-0.2, -0.15) is 0 Å². The first-order valence-electron chi connectivity index (χ1n) is 17.9. The van der Waals surface area contributed by atoms with Crippen LogP contribution in [0.2, 0.25) is 0 Å². The van der Waals surface area contributed by atoms with Gasteiger partial charge >= 0.3 is 0 Å². The second kappa shape index (κ2) is 11.7. The first-order valence-corrected chi connectivity index (χ1v) is 17.9. The summed E-state index contributed by atoms with van der Waals surface area (Å²) in [5.41, 5.74) is 9.60. The van der Waals surface area contributed by atoms with E-state index in [0.29, 0.717) is 5.89 Å². The molecule has 53 heavy (non-hydrogen) atoms. The molecule has 2 aromatic heterocycles. The average Bonchev–Trinajstić information content (AvgIpc) is 3.83. The Bertz CT molecular complexity index is 3200. The van der Waals surface area contributed by atoms with E-state index in [1.807, 2.05) is 30.3 Å². The third-order valence-corrected chi connectivity index (χ3v) is 10.5. The van der Waals surface area contributed by atoms with E-state index in [2.05, 4.69) is 157 Å². The van der Waals surface area contributed by atoms with E-state index in [0.717, 1.165) is 77.4 Å². The van der Waals surface area contributed by atoms with Crippen molar-refractivity contribution >= 4 is 82.4 Å². The first-order chi connectivity index (χ1) is 26.3. The summed E-state index contributed by atoms with van der Waals surface area (Å²) in [5, 5.41) is 8.94. The quantitative estimate of drug-likeness (QED) is 0.182. The van der Waals surface area contributed by atoms with Crippen molar-refractivity contribution in [1.29, 1.82) is 0 Å². The molecule has 4 heteroatoms. The van der Waals surface area contributed by atoms with E-state index < -0.39 is 0 Å². The maximum absolute atomic E-state index is 6.69. The zero-order valence-corrected chi connectivity index (χ0v) is 28.5. The third kappa shape index (κ3) is 4.66. The molecule has 11 aromatic rings.